The maximum Gasteiger partial charge on any atom is 0.211 e. The monoisotopic (exact) mass is 196 g/mol. The van der Waals surface area contributed by atoms with Crippen molar-refractivity contribution in [2.75, 3.05) is 0 Å². The van der Waals surface area contributed by atoms with E-state index in [1.807, 2.05) is 30.3 Å². The Kier molecular flexibility index (Phi) is 1.59. The molecular formula is C12H8N2O. The van der Waals surface area contributed by atoms with E-state index >= 15 is 0 Å². The molecular weight excluding hydrogens is 188 g/mol. The maximum atomic E-state index is 9.35. The minimum Gasteiger partial charge on any atom is -0.493 e. The van der Waals surface area contributed by atoms with Crippen LogP contribution in [0.4, 0.5) is 0 Å². The van der Waals surface area contributed by atoms with E-state index in [0.29, 0.717) is 0 Å². The molecule has 2 aromatic heterocycles. The Bertz CT molecular complexity index is 649. The molecule has 3 nitrogen and oxygen atoms in total. The predicted molar refractivity (Wildman–Crippen MR) is 58.7 cm³/mol. The molecule has 15 heavy (non-hydrogen) atoms. The molecule has 0 bridgehead atoms. The second kappa shape index (κ2) is 2.92. The van der Waals surface area contributed by atoms with Crippen LogP contribution in [0.15, 0.2) is 42.6 Å². The van der Waals surface area contributed by atoms with Gasteiger partial charge in [-0.3, -0.25) is 4.98 Å². The number of rotatable bonds is 0. The van der Waals surface area contributed by atoms with Crippen molar-refractivity contribution in [2.24, 2.45) is 0 Å². The largest absolute Gasteiger partial charge is 0.493 e. The minimum atomic E-state index is 0.0284. The van der Waals surface area contributed by atoms with Gasteiger partial charge in [-0.15, -0.1) is 0 Å². The second-order valence-corrected chi connectivity index (χ2v) is 3.38. The second-order valence-electron chi connectivity index (χ2n) is 3.38. The van der Waals surface area contributed by atoms with Crippen LogP contribution >= 0.6 is 0 Å². The molecule has 0 aliphatic rings. The van der Waals surface area contributed by atoms with Crippen molar-refractivity contribution in [3.05, 3.63) is 42.6 Å². The lowest BCUT2D eigenvalue weighted by Gasteiger charge is -2.01. The molecule has 3 heteroatoms. The molecule has 3 rings (SSSR count). The van der Waals surface area contributed by atoms with Crippen LogP contribution in [0.1, 0.15) is 0 Å². The van der Waals surface area contributed by atoms with Gasteiger partial charge < -0.3 is 5.11 Å². The van der Waals surface area contributed by atoms with Crippen LogP contribution < -0.4 is 0 Å². The summed E-state index contributed by atoms with van der Waals surface area (Å²) >= 11 is 0. The van der Waals surface area contributed by atoms with Crippen molar-refractivity contribution in [3.63, 3.8) is 0 Å². The lowest BCUT2D eigenvalue weighted by atomic mass is 10.1. The zero-order valence-corrected chi connectivity index (χ0v) is 7.88. The van der Waals surface area contributed by atoms with Gasteiger partial charge in [-0.05, 0) is 12.1 Å². The highest BCUT2D eigenvalue weighted by Crippen LogP contribution is 2.23. The Morgan fingerprint density at radius 3 is 2.47 bits per heavy atom. The zero-order chi connectivity index (χ0) is 10.3. The van der Waals surface area contributed by atoms with E-state index in [-0.39, 0.29) is 5.88 Å². The first-order valence-corrected chi connectivity index (χ1v) is 4.68. The minimum absolute atomic E-state index is 0.0284. The molecule has 0 saturated carbocycles. The Balaban J connectivity index is 2.57. The highest BCUT2D eigenvalue weighted by Gasteiger charge is 2.02. The summed E-state index contributed by atoms with van der Waals surface area (Å²) < 4.78 is 0. The molecule has 0 spiro atoms. The van der Waals surface area contributed by atoms with Crippen molar-refractivity contribution in [1.29, 1.82) is 0 Å². The summed E-state index contributed by atoms with van der Waals surface area (Å²) in [6.45, 7) is 0. The van der Waals surface area contributed by atoms with Gasteiger partial charge in [-0.1, -0.05) is 18.2 Å². The first-order valence-electron chi connectivity index (χ1n) is 4.68. The van der Waals surface area contributed by atoms with Gasteiger partial charge in [0.25, 0.3) is 0 Å². The third-order valence-corrected chi connectivity index (χ3v) is 2.42. The van der Waals surface area contributed by atoms with Gasteiger partial charge in [0.1, 0.15) is 5.52 Å². The molecule has 1 aromatic carbocycles. The van der Waals surface area contributed by atoms with Gasteiger partial charge in [0.15, 0.2) is 0 Å². The molecule has 2 heterocycles. The molecule has 0 aliphatic heterocycles. The van der Waals surface area contributed by atoms with Gasteiger partial charge in [0.05, 0.1) is 5.52 Å². The molecule has 3 aromatic rings. The Morgan fingerprint density at radius 1 is 0.867 bits per heavy atom. The number of benzene rings is 1. The number of fused-ring (bicyclic) bond motifs is 3. The van der Waals surface area contributed by atoms with Crippen LogP contribution in [0, 0.1) is 0 Å². The zero-order valence-electron chi connectivity index (χ0n) is 7.88. The Hall–Kier alpha value is -2.16. The van der Waals surface area contributed by atoms with Gasteiger partial charge in [-0.25, -0.2) is 4.98 Å². The van der Waals surface area contributed by atoms with E-state index < -0.39 is 0 Å². The van der Waals surface area contributed by atoms with Crippen molar-refractivity contribution in [3.8, 4) is 5.88 Å². The van der Waals surface area contributed by atoms with Crippen molar-refractivity contribution in [1.82, 2.24) is 9.97 Å². The Labute approximate surface area is 86.0 Å². The van der Waals surface area contributed by atoms with Crippen molar-refractivity contribution >= 4 is 21.8 Å². The summed E-state index contributed by atoms with van der Waals surface area (Å²) in [5.74, 6) is 0.0284. The topological polar surface area (TPSA) is 46.0 Å². The number of hydrogen-bond acceptors (Lipinski definition) is 3. The molecule has 72 valence electrons. The average Bonchev–Trinajstić information content (AvgIpc) is 2.29. The van der Waals surface area contributed by atoms with Gasteiger partial charge in [-0.2, -0.15) is 0 Å². The molecule has 0 atom stereocenters. The van der Waals surface area contributed by atoms with E-state index in [1.165, 1.54) is 0 Å². The fourth-order valence-electron chi connectivity index (χ4n) is 1.71. The normalized spacial score (nSPS) is 10.9. The Morgan fingerprint density at radius 2 is 1.60 bits per heavy atom. The lowest BCUT2D eigenvalue weighted by Crippen LogP contribution is -1.84. The summed E-state index contributed by atoms with van der Waals surface area (Å²) in [6.07, 6.45) is 1.73. The number of aromatic hydroxyl groups is 1. The number of pyridine rings is 2. The summed E-state index contributed by atoms with van der Waals surface area (Å²) in [5.41, 5.74) is 1.57. The van der Waals surface area contributed by atoms with E-state index in [2.05, 4.69) is 9.97 Å². The fourth-order valence-corrected chi connectivity index (χ4v) is 1.71. The summed E-state index contributed by atoms with van der Waals surface area (Å²) in [7, 11) is 0. The van der Waals surface area contributed by atoms with E-state index in [1.54, 1.807) is 12.3 Å². The number of hydrogen-bond donors (Lipinski definition) is 1. The van der Waals surface area contributed by atoms with Crippen molar-refractivity contribution < 1.29 is 5.11 Å². The molecule has 0 radical (unpaired) electrons. The van der Waals surface area contributed by atoms with Crippen LogP contribution in [0.2, 0.25) is 0 Å². The van der Waals surface area contributed by atoms with Crippen LogP contribution in [-0.4, -0.2) is 15.1 Å². The molecule has 0 saturated heterocycles. The average molecular weight is 196 g/mol. The SMILES string of the molecule is Oc1ccc2ccc3cccnc3c2n1. The third-order valence-electron chi connectivity index (χ3n) is 2.42. The molecule has 0 amide bonds. The fraction of sp³-hybridized carbons (Fsp3) is 0. The van der Waals surface area contributed by atoms with Gasteiger partial charge >= 0.3 is 0 Å². The summed E-state index contributed by atoms with van der Waals surface area (Å²) in [4.78, 5) is 8.37. The van der Waals surface area contributed by atoms with Crippen LogP contribution in [0.5, 0.6) is 5.88 Å². The number of aromatic nitrogens is 2. The summed E-state index contributed by atoms with van der Waals surface area (Å²) in [6, 6.07) is 11.3. The maximum absolute atomic E-state index is 9.35. The van der Waals surface area contributed by atoms with E-state index in [9.17, 15) is 5.11 Å². The molecule has 1 N–H and O–H groups in total. The highest BCUT2D eigenvalue weighted by molar-refractivity contribution is 6.02. The first-order chi connectivity index (χ1) is 7.34. The van der Waals surface area contributed by atoms with Crippen LogP contribution in [0.25, 0.3) is 21.8 Å². The molecule has 0 fully saturated rings. The predicted octanol–water partition coefficient (Wildman–Crippen LogP) is 2.49. The van der Waals surface area contributed by atoms with Crippen LogP contribution in [-0.2, 0) is 0 Å². The third kappa shape index (κ3) is 1.21. The quantitative estimate of drug-likeness (QED) is 0.562. The lowest BCUT2D eigenvalue weighted by molar-refractivity contribution is 0.456. The van der Waals surface area contributed by atoms with Crippen molar-refractivity contribution in [2.45, 2.75) is 0 Å². The van der Waals surface area contributed by atoms with Crippen LogP contribution in [0.3, 0.4) is 0 Å². The molecule has 0 aliphatic carbocycles. The standard InChI is InChI=1S/C12H8N2O/c15-10-6-5-9-4-3-8-2-1-7-13-11(8)12(9)14-10/h1-7H,(H,14,15). The smallest absolute Gasteiger partial charge is 0.211 e. The van der Waals surface area contributed by atoms with E-state index in [0.717, 1.165) is 21.8 Å². The van der Waals surface area contributed by atoms with Gasteiger partial charge in [0.2, 0.25) is 5.88 Å². The van der Waals surface area contributed by atoms with Gasteiger partial charge in [0, 0.05) is 23.0 Å². The molecule has 0 unspecified atom stereocenters. The summed E-state index contributed by atoms with van der Waals surface area (Å²) in [5, 5.41) is 11.4. The highest BCUT2D eigenvalue weighted by atomic mass is 16.3. The first kappa shape index (κ1) is 8.17. The number of nitrogens with zero attached hydrogens (tertiary/aromatic N) is 2. The van der Waals surface area contributed by atoms with E-state index in [4.69, 9.17) is 0 Å².